The fourth-order valence-corrected chi connectivity index (χ4v) is 4.83. The molecular weight excluding hydrogens is 388 g/mol. The lowest BCUT2D eigenvalue weighted by atomic mass is 9.87. The van der Waals surface area contributed by atoms with Gasteiger partial charge in [0.2, 0.25) is 0 Å². The Balaban J connectivity index is 1.54. The van der Waals surface area contributed by atoms with E-state index in [-0.39, 0.29) is 11.8 Å². The molecule has 6 nitrogen and oxygen atoms in total. The number of likely N-dealkylation sites (N-methyl/N-ethyl adjacent to an activating group) is 2. The van der Waals surface area contributed by atoms with Gasteiger partial charge in [0.05, 0.1) is 5.69 Å². The van der Waals surface area contributed by atoms with Gasteiger partial charge in [0, 0.05) is 38.0 Å². The molecule has 3 aromatic rings. The maximum Gasteiger partial charge on any atom is 0.271 e. The summed E-state index contributed by atoms with van der Waals surface area (Å²) in [6, 6.07) is 13.7. The van der Waals surface area contributed by atoms with Crippen LogP contribution in [0.25, 0.3) is 11.7 Å². The molecule has 1 unspecified atom stereocenters. The number of imidazole rings is 1. The standard InChI is InChI=1S/C25H26N4O2/c1-25(16-17-9-5-4-6-10-17)24(31)27(2)21(23(30)28(25)3)15-18-11-8-14-29-20-13-7-12-19(20)26-22(18)29/h4-6,8-11,14-15H,7,12-13,16H2,1-3H3/b21-15-. The van der Waals surface area contributed by atoms with E-state index in [1.54, 1.807) is 25.1 Å². The van der Waals surface area contributed by atoms with E-state index in [0.29, 0.717) is 12.1 Å². The number of aromatic nitrogens is 2. The Bertz CT molecular complexity index is 1230. The minimum absolute atomic E-state index is 0.0949. The molecule has 5 rings (SSSR count). The lowest BCUT2D eigenvalue weighted by Crippen LogP contribution is -2.64. The highest BCUT2D eigenvalue weighted by Gasteiger charge is 2.48. The number of hydrogen-bond acceptors (Lipinski definition) is 3. The predicted molar refractivity (Wildman–Crippen MR) is 119 cm³/mol. The third-order valence-electron chi connectivity index (χ3n) is 6.76. The number of rotatable bonds is 3. The van der Waals surface area contributed by atoms with Crippen molar-refractivity contribution in [2.45, 2.75) is 38.1 Å². The van der Waals surface area contributed by atoms with E-state index in [1.165, 1.54) is 10.6 Å². The number of hydrogen-bond donors (Lipinski definition) is 0. The van der Waals surface area contributed by atoms with Gasteiger partial charge in [-0.1, -0.05) is 30.3 Å². The van der Waals surface area contributed by atoms with Gasteiger partial charge < -0.3 is 14.2 Å². The normalized spacial score (nSPS) is 22.6. The number of benzene rings is 1. The first-order valence-corrected chi connectivity index (χ1v) is 10.7. The molecule has 1 atom stereocenters. The molecule has 2 aliphatic rings. The summed E-state index contributed by atoms with van der Waals surface area (Å²) in [6.07, 6.45) is 7.44. The third kappa shape index (κ3) is 2.97. The van der Waals surface area contributed by atoms with Crippen molar-refractivity contribution < 1.29 is 9.59 Å². The van der Waals surface area contributed by atoms with Crippen LogP contribution in [-0.4, -0.2) is 50.6 Å². The van der Waals surface area contributed by atoms with Gasteiger partial charge in [-0.2, -0.15) is 0 Å². The van der Waals surface area contributed by atoms with E-state index in [4.69, 9.17) is 4.98 Å². The van der Waals surface area contributed by atoms with Crippen LogP contribution >= 0.6 is 0 Å². The summed E-state index contributed by atoms with van der Waals surface area (Å²) in [6.45, 7) is 1.84. The lowest BCUT2D eigenvalue weighted by Gasteiger charge is -2.45. The average Bonchev–Trinajstić information content (AvgIpc) is 3.37. The van der Waals surface area contributed by atoms with Gasteiger partial charge in [-0.15, -0.1) is 0 Å². The Labute approximate surface area is 181 Å². The van der Waals surface area contributed by atoms with Crippen molar-refractivity contribution in [3.05, 3.63) is 76.9 Å². The first-order chi connectivity index (χ1) is 14.9. The fourth-order valence-electron chi connectivity index (χ4n) is 4.83. The highest BCUT2D eigenvalue weighted by molar-refractivity contribution is 6.09. The van der Waals surface area contributed by atoms with E-state index >= 15 is 0 Å². The van der Waals surface area contributed by atoms with Crippen molar-refractivity contribution in [2.24, 2.45) is 0 Å². The number of fused-ring (bicyclic) bond motifs is 3. The van der Waals surface area contributed by atoms with Crippen LogP contribution in [-0.2, 0) is 28.9 Å². The Kier molecular flexibility index (Phi) is 4.46. The molecule has 2 amide bonds. The van der Waals surface area contributed by atoms with Gasteiger partial charge >= 0.3 is 0 Å². The zero-order valence-electron chi connectivity index (χ0n) is 18.1. The quantitative estimate of drug-likeness (QED) is 0.619. The van der Waals surface area contributed by atoms with Crippen molar-refractivity contribution in [3.63, 3.8) is 0 Å². The first-order valence-electron chi connectivity index (χ1n) is 10.7. The Morgan fingerprint density at radius 1 is 1.06 bits per heavy atom. The summed E-state index contributed by atoms with van der Waals surface area (Å²) < 4.78 is 2.12. The second kappa shape index (κ2) is 7.08. The maximum atomic E-state index is 13.5. The molecule has 1 aliphatic heterocycles. The molecule has 0 radical (unpaired) electrons. The van der Waals surface area contributed by atoms with Gasteiger partial charge in [0.1, 0.15) is 16.9 Å². The number of amides is 2. The largest absolute Gasteiger partial charge is 0.326 e. The molecule has 1 saturated heterocycles. The summed E-state index contributed by atoms with van der Waals surface area (Å²) in [4.78, 5) is 34.8. The summed E-state index contributed by atoms with van der Waals surface area (Å²) >= 11 is 0. The molecule has 0 saturated carbocycles. The smallest absolute Gasteiger partial charge is 0.271 e. The monoisotopic (exact) mass is 414 g/mol. The summed E-state index contributed by atoms with van der Waals surface area (Å²) in [5, 5.41) is 0. The van der Waals surface area contributed by atoms with Crippen LogP contribution < -0.4 is 0 Å². The van der Waals surface area contributed by atoms with E-state index < -0.39 is 5.54 Å². The van der Waals surface area contributed by atoms with Crippen LogP contribution in [0.1, 0.15) is 35.9 Å². The van der Waals surface area contributed by atoms with Crippen LogP contribution in [0, 0.1) is 0 Å². The van der Waals surface area contributed by atoms with Gasteiger partial charge in [0.15, 0.2) is 0 Å². The maximum absolute atomic E-state index is 13.5. The minimum Gasteiger partial charge on any atom is -0.326 e. The fraction of sp³-hybridized carbons (Fsp3) is 0.320. The third-order valence-corrected chi connectivity index (χ3v) is 6.76. The van der Waals surface area contributed by atoms with Crippen LogP contribution in [0.2, 0.25) is 0 Å². The molecule has 31 heavy (non-hydrogen) atoms. The number of pyridine rings is 1. The minimum atomic E-state index is -0.939. The zero-order valence-corrected chi connectivity index (χ0v) is 18.1. The predicted octanol–water partition coefficient (Wildman–Crippen LogP) is 3.10. The van der Waals surface area contributed by atoms with Crippen molar-refractivity contribution in [1.29, 1.82) is 0 Å². The summed E-state index contributed by atoms with van der Waals surface area (Å²) in [5.74, 6) is -0.260. The Morgan fingerprint density at radius 3 is 2.61 bits per heavy atom. The van der Waals surface area contributed by atoms with Crippen molar-refractivity contribution in [3.8, 4) is 0 Å². The van der Waals surface area contributed by atoms with Crippen LogP contribution in [0.5, 0.6) is 0 Å². The average molecular weight is 415 g/mol. The first kappa shape index (κ1) is 19.5. The zero-order chi connectivity index (χ0) is 21.8. The van der Waals surface area contributed by atoms with E-state index in [2.05, 4.69) is 4.40 Å². The van der Waals surface area contributed by atoms with Crippen molar-refractivity contribution in [2.75, 3.05) is 14.1 Å². The van der Waals surface area contributed by atoms with E-state index in [0.717, 1.165) is 41.7 Å². The summed E-state index contributed by atoms with van der Waals surface area (Å²) in [5.41, 5.74) is 4.53. The number of carbonyl (C=O) groups is 2. The highest BCUT2D eigenvalue weighted by atomic mass is 16.2. The second-order valence-electron chi connectivity index (χ2n) is 8.71. The topological polar surface area (TPSA) is 57.9 Å². The number of piperazine rings is 1. The molecule has 2 aromatic heterocycles. The molecule has 1 fully saturated rings. The van der Waals surface area contributed by atoms with E-state index in [9.17, 15) is 9.59 Å². The lowest BCUT2D eigenvalue weighted by molar-refractivity contribution is -0.155. The number of carbonyl (C=O) groups excluding carboxylic acids is 2. The van der Waals surface area contributed by atoms with Crippen LogP contribution in [0.3, 0.4) is 0 Å². The molecule has 3 heterocycles. The molecular formula is C25H26N4O2. The van der Waals surface area contributed by atoms with Crippen LogP contribution in [0.4, 0.5) is 0 Å². The number of nitrogens with zero attached hydrogens (tertiary/aromatic N) is 4. The van der Waals surface area contributed by atoms with Gasteiger partial charge in [-0.3, -0.25) is 9.59 Å². The Hall–Kier alpha value is -3.41. The van der Waals surface area contributed by atoms with Crippen LogP contribution in [0.15, 0.2) is 54.4 Å². The second-order valence-corrected chi connectivity index (χ2v) is 8.71. The molecule has 1 aliphatic carbocycles. The van der Waals surface area contributed by atoms with Gasteiger partial charge in [-0.05, 0) is 50.0 Å². The van der Waals surface area contributed by atoms with Gasteiger partial charge in [0.25, 0.3) is 11.8 Å². The molecule has 0 N–H and O–H groups in total. The van der Waals surface area contributed by atoms with Crippen molar-refractivity contribution in [1.82, 2.24) is 19.2 Å². The summed E-state index contributed by atoms with van der Waals surface area (Å²) in [7, 11) is 3.41. The molecule has 0 bridgehead atoms. The van der Waals surface area contributed by atoms with Gasteiger partial charge in [-0.25, -0.2) is 4.98 Å². The van der Waals surface area contributed by atoms with Crippen molar-refractivity contribution >= 4 is 23.5 Å². The van der Waals surface area contributed by atoms with E-state index in [1.807, 2.05) is 55.6 Å². The molecule has 1 aromatic carbocycles. The Morgan fingerprint density at radius 2 is 1.84 bits per heavy atom. The molecule has 158 valence electrons. The molecule has 6 heteroatoms. The number of aryl methyl sites for hydroxylation is 2. The highest BCUT2D eigenvalue weighted by Crippen LogP contribution is 2.32. The SMILES string of the molecule is CN1C(=O)C(C)(Cc2ccccc2)N(C)C(=O)/C1=C/c1cccn2c3c(nc12)CCC3. The molecule has 0 spiro atoms.